The molecule has 2 aromatic rings. The Morgan fingerprint density at radius 2 is 1.84 bits per heavy atom. The number of aromatic hydroxyl groups is 1. The van der Waals surface area contributed by atoms with Gasteiger partial charge in [0.05, 0.1) is 19.8 Å². The molecule has 0 bridgehead atoms. The Labute approximate surface area is 182 Å². The van der Waals surface area contributed by atoms with E-state index in [0.717, 1.165) is 19.3 Å². The number of ether oxygens (including phenoxy) is 2. The maximum atomic E-state index is 10.5. The first-order chi connectivity index (χ1) is 15.1. The van der Waals surface area contributed by atoms with E-state index in [-0.39, 0.29) is 17.7 Å². The number of rotatable bonds is 4. The molecule has 1 aromatic heterocycles. The highest BCUT2D eigenvalue weighted by Gasteiger charge is 2.31. The molecule has 0 saturated carbocycles. The van der Waals surface area contributed by atoms with E-state index in [2.05, 4.69) is 34.3 Å². The summed E-state index contributed by atoms with van der Waals surface area (Å²) >= 11 is 0. The molecule has 1 aromatic carbocycles. The summed E-state index contributed by atoms with van der Waals surface area (Å²) in [5, 5.41) is 10.5. The number of hydrogen-bond donors (Lipinski definition) is 1. The Bertz CT molecular complexity index is 1090. The van der Waals surface area contributed by atoms with Crippen LogP contribution in [0.25, 0.3) is 11.4 Å². The maximum Gasteiger partial charge on any atom is 0.319 e. The van der Waals surface area contributed by atoms with Crippen LogP contribution in [0.5, 0.6) is 17.5 Å². The van der Waals surface area contributed by atoms with Crippen molar-refractivity contribution in [2.24, 2.45) is 11.8 Å². The van der Waals surface area contributed by atoms with Gasteiger partial charge in [0.2, 0.25) is 0 Å². The Morgan fingerprint density at radius 3 is 2.65 bits per heavy atom. The number of phenols is 1. The summed E-state index contributed by atoms with van der Waals surface area (Å²) in [5.74, 6) is 3.04. The third-order valence-corrected chi connectivity index (χ3v) is 6.61. The van der Waals surface area contributed by atoms with Gasteiger partial charge < -0.3 is 14.6 Å². The number of hydrogen-bond acceptors (Lipinski definition) is 6. The first kappa shape index (κ1) is 19.8. The first-order valence-electron chi connectivity index (χ1n) is 10.9. The average molecular weight is 418 g/mol. The van der Waals surface area contributed by atoms with Crippen LogP contribution in [0.2, 0.25) is 0 Å². The molecule has 1 heterocycles. The van der Waals surface area contributed by atoms with Crippen LogP contribution in [0.3, 0.4) is 0 Å². The van der Waals surface area contributed by atoms with Crippen LogP contribution in [-0.2, 0) is 0 Å². The Kier molecular flexibility index (Phi) is 5.22. The summed E-state index contributed by atoms with van der Waals surface area (Å²) < 4.78 is 10.5. The van der Waals surface area contributed by atoms with Crippen molar-refractivity contribution in [1.82, 2.24) is 15.0 Å². The van der Waals surface area contributed by atoms with Crippen LogP contribution >= 0.6 is 0 Å². The van der Waals surface area contributed by atoms with Crippen molar-refractivity contribution >= 4 is 0 Å². The number of nitrogens with zero attached hydrogens (tertiary/aromatic N) is 3. The molecule has 6 nitrogen and oxygen atoms in total. The quantitative estimate of drug-likeness (QED) is 0.707. The number of benzene rings is 1. The zero-order valence-corrected chi connectivity index (χ0v) is 17.9. The Morgan fingerprint density at radius 1 is 0.968 bits per heavy atom. The minimum atomic E-state index is 0.0657. The number of methoxy groups -OCH3 is 2. The van der Waals surface area contributed by atoms with Crippen LogP contribution < -0.4 is 9.47 Å². The Hall–Kier alpha value is -3.15. The molecule has 0 saturated heterocycles. The van der Waals surface area contributed by atoms with Gasteiger partial charge in [0.15, 0.2) is 5.82 Å². The Balaban J connectivity index is 1.49. The number of phenolic OH excluding ortho intramolecular Hbond substituents is 1. The molecule has 1 N–H and O–H groups in total. The van der Waals surface area contributed by atoms with Gasteiger partial charge in [-0.25, -0.2) is 4.98 Å². The normalized spacial score (nSPS) is 24.5. The lowest BCUT2D eigenvalue weighted by atomic mass is 9.70. The summed E-state index contributed by atoms with van der Waals surface area (Å²) in [6, 6.07) is 5.36. The summed E-state index contributed by atoms with van der Waals surface area (Å²) in [7, 11) is 3.12. The summed E-state index contributed by atoms with van der Waals surface area (Å²) in [4.78, 5) is 13.7. The monoisotopic (exact) mass is 417 g/mol. The molecular weight excluding hydrogens is 390 g/mol. The summed E-state index contributed by atoms with van der Waals surface area (Å²) in [5.41, 5.74) is 3.56. The zero-order chi connectivity index (χ0) is 21.4. The van der Waals surface area contributed by atoms with E-state index >= 15 is 0 Å². The van der Waals surface area contributed by atoms with Gasteiger partial charge in [-0.2, -0.15) is 9.97 Å². The van der Waals surface area contributed by atoms with E-state index in [1.54, 1.807) is 32.4 Å². The van der Waals surface area contributed by atoms with Gasteiger partial charge in [0.1, 0.15) is 17.3 Å². The van der Waals surface area contributed by atoms with Gasteiger partial charge in [-0.05, 0) is 61.6 Å². The van der Waals surface area contributed by atoms with Crippen LogP contribution in [0.15, 0.2) is 53.6 Å². The third-order valence-electron chi connectivity index (χ3n) is 6.61. The molecule has 160 valence electrons. The largest absolute Gasteiger partial charge is 0.507 e. The van der Waals surface area contributed by atoms with E-state index in [1.165, 1.54) is 24.0 Å². The highest BCUT2D eigenvalue weighted by molar-refractivity contribution is 5.65. The van der Waals surface area contributed by atoms with Crippen molar-refractivity contribution in [2.75, 3.05) is 14.2 Å². The fraction of sp³-hybridized carbons (Fsp3) is 0.400. The molecule has 0 radical (unpaired) electrons. The topological polar surface area (TPSA) is 77.4 Å². The summed E-state index contributed by atoms with van der Waals surface area (Å²) in [6.07, 6.45) is 15.1. The highest BCUT2D eigenvalue weighted by Crippen LogP contribution is 2.45. The highest BCUT2D eigenvalue weighted by atomic mass is 16.5. The molecule has 6 heteroatoms. The predicted octanol–water partition coefficient (Wildman–Crippen LogP) is 4.98. The minimum absolute atomic E-state index is 0.0657. The molecule has 5 rings (SSSR count). The smallest absolute Gasteiger partial charge is 0.319 e. The van der Waals surface area contributed by atoms with Crippen LogP contribution in [0, 0.1) is 11.8 Å². The molecule has 31 heavy (non-hydrogen) atoms. The molecule has 3 aliphatic carbocycles. The van der Waals surface area contributed by atoms with Crippen molar-refractivity contribution in [2.45, 2.75) is 38.0 Å². The minimum Gasteiger partial charge on any atom is -0.507 e. The van der Waals surface area contributed by atoms with Crippen molar-refractivity contribution in [1.29, 1.82) is 0 Å². The molecule has 3 aliphatic rings. The molecule has 0 amide bonds. The van der Waals surface area contributed by atoms with Crippen LogP contribution in [-0.4, -0.2) is 34.3 Å². The van der Waals surface area contributed by atoms with Gasteiger partial charge in [0, 0.05) is 12.0 Å². The van der Waals surface area contributed by atoms with Gasteiger partial charge in [-0.1, -0.05) is 29.9 Å². The van der Waals surface area contributed by atoms with E-state index in [0.29, 0.717) is 34.8 Å². The van der Waals surface area contributed by atoms with E-state index in [9.17, 15) is 5.11 Å². The van der Waals surface area contributed by atoms with Crippen molar-refractivity contribution in [3.8, 4) is 28.9 Å². The molecule has 3 atom stereocenters. The molecule has 0 fully saturated rings. The van der Waals surface area contributed by atoms with E-state index in [1.807, 2.05) is 0 Å². The van der Waals surface area contributed by atoms with Gasteiger partial charge in [0.25, 0.3) is 0 Å². The van der Waals surface area contributed by atoms with Crippen LogP contribution in [0.1, 0.15) is 43.8 Å². The third kappa shape index (κ3) is 3.82. The first-order valence-corrected chi connectivity index (χ1v) is 10.9. The lowest BCUT2D eigenvalue weighted by Gasteiger charge is -2.35. The lowest BCUT2D eigenvalue weighted by molar-refractivity contribution is 0.373. The fourth-order valence-electron chi connectivity index (χ4n) is 4.95. The number of aromatic nitrogens is 3. The van der Waals surface area contributed by atoms with E-state index in [4.69, 9.17) is 14.5 Å². The van der Waals surface area contributed by atoms with Crippen LogP contribution in [0.4, 0.5) is 0 Å². The SMILES string of the molecule is COc1ccc(-c2nc(OC)nc(C3C=C4CC5CCC=CC5=CC4CC3)n2)c(O)c1. The van der Waals surface area contributed by atoms with Crippen molar-refractivity contribution in [3.05, 3.63) is 59.5 Å². The van der Waals surface area contributed by atoms with Crippen molar-refractivity contribution < 1.29 is 14.6 Å². The second-order valence-electron chi connectivity index (χ2n) is 8.47. The number of allylic oxidation sites excluding steroid dienone is 6. The van der Waals surface area contributed by atoms with Gasteiger partial charge >= 0.3 is 6.01 Å². The maximum absolute atomic E-state index is 10.5. The summed E-state index contributed by atoms with van der Waals surface area (Å²) in [6.45, 7) is 0. The lowest BCUT2D eigenvalue weighted by Crippen LogP contribution is -2.22. The standard InChI is InChI=1S/C25H27N3O3/c1-30-20-9-10-21(22(29)14-20)24-26-23(27-25(28-24)31-2)18-8-7-17-11-15-5-3-4-6-16(15)12-19(17)13-18/h3,5,9-11,13-14,16-18,29H,4,6-8,12H2,1-2H3. The molecule has 0 spiro atoms. The second kappa shape index (κ2) is 8.17. The molecule has 0 aliphatic heterocycles. The molecule has 3 unspecified atom stereocenters. The second-order valence-corrected chi connectivity index (χ2v) is 8.47. The fourth-order valence-corrected chi connectivity index (χ4v) is 4.95. The predicted molar refractivity (Wildman–Crippen MR) is 118 cm³/mol. The van der Waals surface area contributed by atoms with E-state index < -0.39 is 0 Å². The average Bonchev–Trinajstić information content (AvgIpc) is 2.81. The van der Waals surface area contributed by atoms with Crippen molar-refractivity contribution in [3.63, 3.8) is 0 Å². The molecular formula is C25H27N3O3. The zero-order valence-electron chi connectivity index (χ0n) is 17.9. The number of fused-ring (bicyclic) bond motifs is 2. The van der Waals surface area contributed by atoms with Gasteiger partial charge in [-0.3, -0.25) is 0 Å². The van der Waals surface area contributed by atoms with Gasteiger partial charge in [-0.15, -0.1) is 0 Å².